The lowest BCUT2D eigenvalue weighted by atomic mass is 9.98. The summed E-state index contributed by atoms with van der Waals surface area (Å²) in [5.41, 5.74) is 14.2. The monoisotopic (exact) mass is 841 g/mol. The molecular weight excluding hydrogens is 803 g/mol. The molecule has 0 N–H and O–H groups in total. The molecule has 10 aromatic carbocycles. The zero-order valence-electron chi connectivity index (χ0n) is 35.8. The van der Waals surface area contributed by atoms with Crippen molar-refractivity contribution in [1.29, 1.82) is 0 Å². The molecule has 3 heterocycles. The van der Waals surface area contributed by atoms with Gasteiger partial charge in [-0.3, -0.25) is 4.57 Å². The van der Waals surface area contributed by atoms with Gasteiger partial charge in [-0.2, -0.15) is 9.97 Å². The van der Waals surface area contributed by atoms with E-state index in [0.717, 1.165) is 71.9 Å². The van der Waals surface area contributed by atoms with Crippen molar-refractivity contribution in [3.05, 3.63) is 237 Å². The predicted octanol–water partition coefficient (Wildman–Crippen LogP) is 15.6. The fourth-order valence-corrected chi connectivity index (χ4v) is 9.91. The molecule has 0 bridgehead atoms. The van der Waals surface area contributed by atoms with Gasteiger partial charge in [0.1, 0.15) is 0 Å². The van der Waals surface area contributed by atoms with Crippen molar-refractivity contribution < 1.29 is 0 Å². The highest BCUT2D eigenvalue weighted by molar-refractivity contribution is 6.33. The Morgan fingerprint density at radius 3 is 1.30 bits per heavy atom. The van der Waals surface area contributed by atoms with E-state index < -0.39 is 0 Å². The zero-order chi connectivity index (χ0) is 43.6. The molecule has 0 saturated carbocycles. The summed E-state index contributed by atoms with van der Waals surface area (Å²) in [7, 11) is 0. The molecular formula is C61H39N5. The van der Waals surface area contributed by atoms with Gasteiger partial charge in [0.15, 0.2) is 11.6 Å². The summed E-state index contributed by atoms with van der Waals surface area (Å²) in [5, 5.41) is 7.03. The molecule has 0 unspecified atom stereocenters. The number of fused-ring (bicyclic) bond motifs is 9. The van der Waals surface area contributed by atoms with E-state index in [1.165, 1.54) is 32.7 Å². The predicted molar refractivity (Wildman–Crippen MR) is 273 cm³/mol. The minimum Gasteiger partial charge on any atom is -0.309 e. The van der Waals surface area contributed by atoms with Crippen molar-refractivity contribution >= 4 is 54.4 Å². The second kappa shape index (κ2) is 15.4. The van der Waals surface area contributed by atoms with Crippen molar-refractivity contribution in [2.75, 3.05) is 0 Å². The number of rotatable bonds is 7. The molecule has 13 rings (SSSR count). The quantitative estimate of drug-likeness (QED) is 0.161. The van der Waals surface area contributed by atoms with Crippen LogP contribution in [0.25, 0.3) is 122 Å². The minimum atomic E-state index is 0.562. The highest BCUT2D eigenvalue weighted by Gasteiger charge is 2.24. The maximum Gasteiger partial charge on any atom is 0.238 e. The van der Waals surface area contributed by atoms with E-state index in [9.17, 15) is 0 Å². The van der Waals surface area contributed by atoms with Gasteiger partial charge in [0.2, 0.25) is 5.95 Å². The molecule has 0 aliphatic rings. The summed E-state index contributed by atoms with van der Waals surface area (Å²) < 4.78 is 4.70. The Bertz CT molecular complexity index is 3890. The molecule has 0 amide bonds. The van der Waals surface area contributed by atoms with Crippen LogP contribution in [0.5, 0.6) is 0 Å². The van der Waals surface area contributed by atoms with Gasteiger partial charge in [-0.05, 0) is 86.6 Å². The fourth-order valence-electron chi connectivity index (χ4n) is 9.91. The average Bonchev–Trinajstić information content (AvgIpc) is 3.93. The van der Waals surface area contributed by atoms with E-state index in [4.69, 9.17) is 15.0 Å². The second-order valence-electron chi connectivity index (χ2n) is 16.8. The number of para-hydroxylation sites is 1. The van der Waals surface area contributed by atoms with Crippen LogP contribution < -0.4 is 0 Å². The molecule has 13 aromatic rings. The molecule has 0 fully saturated rings. The lowest BCUT2D eigenvalue weighted by Gasteiger charge is -2.14. The van der Waals surface area contributed by atoms with Gasteiger partial charge in [0.25, 0.3) is 0 Å². The van der Waals surface area contributed by atoms with Gasteiger partial charge in [-0.1, -0.05) is 194 Å². The highest BCUT2D eigenvalue weighted by Crippen LogP contribution is 2.45. The maximum atomic E-state index is 5.36. The Kier molecular flexibility index (Phi) is 8.78. The first-order valence-electron chi connectivity index (χ1n) is 22.4. The Morgan fingerprint density at radius 2 is 0.682 bits per heavy atom. The number of hydrogen-bond donors (Lipinski definition) is 0. The van der Waals surface area contributed by atoms with E-state index in [2.05, 4.69) is 221 Å². The molecule has 66 heavy (non-hydrogen) atoms. The topological polar surface area (TPSA) is 48.5 Å². The van der Waals surface area contributed by atoms with Gasteiger partial charge in [0.05, 0.1) is 22.1 Å². The summed E-state index contributed by atoms with van der Waals surface area (Å²) in [5.74, 6) is 1.79. The summed E-state index contributed by atoms with van der Waals surface area (Å²) in [4.78, 5) is 15.8. The van der Waals surface area contributed by atoms with Crippen molar-refractivity contribution in [1.82, 2.24) is 24.1 Å². The van der Waals surface area contributed by atoms with Crippen LogP contribution in [0, 0.1) is 0 Å². The van der Waals surface area contributed by atoms with Crippen LogP contribution in [0.2, 0.25) is 0 Å². The highest BCUT2D eigenvalue weighted by atomic mass is 15.2. The Morgan fingerprint density at radius 1 is 0.258 bits per heavy atom. The third kappa shape index (κ3) is 6.21. The fraction of sp³-hybridized carbons (Fsp3) is 0. The second-order valence-corrected chi connectivity index (χ2v) is 16.8. The lowest BCUT2D eigenvalue weighted by molar-refractivity contribution is 0.954. The first-order valence-corrected chi connectivity index (χ1v) is 22.4. The Labute approximate surface area is 381 Å². The van der Waals surface area contributed by atoms with Crippen molar-refractivity contribution in [3.63, 3.8) is 0 Å². The molecule has 3 aromatic heterocycles. The average molecular weight is 842 g/mol. The smallest absolute Gasteiger partial charge is 0.238 e. The van der Waals surface area contributed by atoms with Crippen LogP contribution in [-0.2, 0) is 0 Å². The van der Waals surface area contributed by atoms with Crippen molar-refractivity contribution in [3.8, 4) is 67.8 Å². The molecule has 5 nitrogen and oxygen atoms in total. The third-order valence-electron chi connectivity index (χ3n) is 13.0. The number of benzene rings is 10. The van der Waals surface area contributed by atoms with Crippen LogP contribution in [0.1, 0.15) is 0 Å². The van der Waals surface area contributed by atoms with Crippen LogP contribution in [0.3, 0.4) is 0 Å². The normalized spacial score (nSPS) is 11.6. The zero-order valence-corrected chi connectivity index (χ0v) is 35.8. The largest absolute Gasteiger partial charge is 0.309 e. The molecule has 0 spiro atoms. The maximum absolute atomic E-state index is 5.36. The van der Waals surface area contributed by atoms with E-state index in [1.807, 2.05) is 24.3 Å². The summed E-state index contributed by atoms with van der Waals surface area (Å²) in [6.45, 7) is 0. The molecule has 0 saturated heterocycles. The SMILES string of the molecule is c1ccc(-c2ccc(-c3nc(-c4ccccc4)nc(-n4c5ccc6ccccc6c5c5c6c7ccccc7n(-c7cc(-c8ccccc8)cc(-c8ccccc8)c7)c6ccc54)n3)cc2)cc1. The van der Waals surface area contributed by atoms with Gasteiger partial charge in [-0.15, -0.1) is 0 Å². The van der Waals surface area contributed by atoms with Gasteiger partial charge < -0.3 is 4.57 Å². The first kappa shape index (κ1) is 37.6. The number of nitrogens with zero attached hydrogens (tertiary/aromatic N) is 5. The minimum absolute atomic E-state index is 0.562. The van der Waals surface area contributed by atoms with E-state index in [0.29, 0.717) is 17.6 Å². The van der Waals surface area contributed by atoms with E-state index in [-0.39, 0.29) is 0 Å². The van der Waals surface area contributed by atoms with E-state index >= 15 is 0 Å². The molecule has 308 valence electrons. The molecule has 0 radical (unpaired) electrons. The summed E-state index contributed by atoms with van der Waals surface area (Å²) >= 11 is 0. The van der Waals surface area contributed by atoms with Crippen molar-refractivity contribution in [2.24, 2.45) is 0 Å². The first-order chi connectivity index (χ1) is 32.7. The summed E-state index contributed by atoms with van der Waals surface area (Å²) in [6, 6.07) is 84.1. The molecule has 0 atom stereocenters. The van der Waals surface area contributed by atoms with Crippen LogP contribution in [-0.4, -0.2) is 24.1 Å². The standard InChI is InChI=1S/C61H39N5/c1-5-17-40(18-6-1)43-29-31-46(32-30-43)60-62-59(45-24-11-4-12-25-45)63-61(64-60)66-54-34-33-44-23-13-14-26-50(44)56(54)58-55(66)36-35-53-57(58)51-27-15-16-28-52(51)65(53)49-38-47(41-19-7-2-8-20-41)37-48(39-49)42-21-9-3-10-22-42/h1-39H. The van der Waals surface area contributed by atoms with Crippen LogP contribution in [0.4, 0.5) is 0 Å². The van der Waals surface area contributed by atoms with Crippen LogP contribution >= 0.6 is 0 Å². The number of aromatic nitrogens is 5. The molecule has 0 aliphatic heterocycles. The van der Waals surface area contributed by atoms with Gasteiger partial charge in [0, 0.05) is 38.4 Å². The lowest BCUT2D eigenvalue weighted by Crippen LogP contribution is -2.06. The third-order valence-corrected chi connectivity index (χ3v) is 13.0. The number of hydrogen-bond acceptors (Lipinski definition) is 3. The van der Waals surface area contributed by atoms with Gasteiger partial charge in [-0.25, -0.2) is 4.98 Å². The Balaban J connectivity index is 1.11. The Hall–Kier alpha value is -8.93. The summed E-state index contributed by atoms with van der Waals surface area (Å²) in [6.07, 6.45) is 0. The van der Waals surface area contributed by atoms with Crippen molar-refractivity contribution in [2.45, 2.75) is 0 Å². The van der Waals surface area contributed by atoms with E-state index in [1.54, 1.807) is 0 Å². The van der Waals surface area contributed by atoms with Crippen LogP contribution in [0.15, 0.2) is 237 Å². The molecule has 5 heteroatoms. The van der Waals surface area contributed by atoms with Gasteiger partial charge >= 0.3 is 0 Å². The molecule has 0 aliphatic carbocycles.